The standard InChI is InChI=1S/C42H46F2N10O5/c1-24(2)59-36-19-31-27(17-29(36)39(56)47-32-20-46-52-15-4-14-45-38(32)52)22-53(49-31)28-8-5-25(6-9-28)21-51-16-13-30(42(43,44)23-51)26-7-10-33-35(18-26)50(3)41(58)54(33)34-11-12-37(55)48-40(34)57/h4,7,10,14-15,17-20,22,24-25,28,30,34H,5-6,8-9,11-13,16,21,23H2,1-3H3,(H,47,56)(H,48,55,57)/t25-,28-,30?,34?. The molecule has 2 saturated heterocycles. The average Bonchev–Trinajstić information content (AvgIpc) is 3.88. The number of amides is 3. The first-order chi connectivity index (χ1) is 28.3. The summed E-state index contributed by atoms with van der Waals surface area (Å²) in [5.74, 6) is -4.55. The number of aryl methyl sites for hydroxylation is 1. The summed E-state index contributed by atoms with van der Waals surface area (Å²) >= 11 is 0. The third-order valence-corrected chi connectivity index (χ3v) is 12.2. The Morgan fingerprint density at radius 2 is 1.86 bits per heavy atom. The average molecular weight is 809 g/mol. The molecule has 1 aliphatic carbocycles. The lowest BCUT2D eigenvalue weighted by Crippen LogP contribution is -2.49. The summed E-state index contributed by atoms with van der Waals surface area (Å²) < 4.78 is 44.4. The van der Waals surface area contributed by atoms with Gasteiger partial charge in [0.05, 0.1) is 52.9 Å². The van der Waals surface area contributed by atoms with Gasteiger partial charge in [-0.1, -0.05) is 6.07 Å². The molecule has 17 heteroatoms. The van der Waals surface area contributed by atoms with E-state index in [0.717, 1.165) is 36.6 Å². The first-order valence-corrected chi connectivity index (χ1v) is 20.3. The topological polar surface area (TPSA) is 163 Å². The highest BCUT2D eigenvalue weighted by atomic mass is 19.3. The first kappa shape index (κ1) is 38.5. The maximum atomic E-state index is 16.0. The van der Waals surface area contributed by atoms with Gasteiger partial charge in [0, 0.05) is 50.1 Å². The molecular weight excluding hydrogens is 763 g/mol. The van der Waals surface area contributed by atoms with E-state index in [4.69, 9.17) is 9.84 Å². The molecule has 2 N–H and O–H groups in total. The highest BCUT2D eigenvalue weighted by molar-refractivity contribution is 6.09. The number of imide groups is 1. The number of rotatable bonds is 9. The number of benzene rings is 2. The number of piperidine rings is 2. The zero-order chi connectivity index (χ0) is 41.2. The molecule has 2 aromatic carbocycles. The summed E-state index contributed by atoms with van der Waals surface area (Å²) in [6.45, 7) is 4.58. The molecule has 0 radical (unpaired) electrons. The number of nitrogens with zero attached hydrogens (tertiary/aromatic N) is 8. The Morgan fingerprint density at radius 3 is 2.63 bits per heavy atom. The SMILES string of the molecule is CC(C)Oc1cc2nn([C@H]3CC[C@H](CN4CCC(c5ccc6c(c5)n(C)c(=O)n6C5CCC(=O)NC5=O)C(F)(F)C4)CC3)cc2cc1C(=O)Nc1cnn2cccnc12. The van der Waals surface area contributed by atoms with Crippen LogP contribution in [-0.4, -0.2) is 87.8 Å². The number of anilines is 1. The Labute approximate surface area is 337 Å². The number of imidazole rings is 1. The maximum absolute atomic E-state index is 16.0. The summed E-state index contributed by atoms with van der Waals surface area (Å²) in [5, 5.41) is 15.2. The van der Waals surface area contributed by atoms with Gasteiger partial charge in [-0.2, -0.15) is 10.2 Å². The van der Waals surface area contributed by atoms with Crippen LogP contribution in [0.2, 0.25) is 0 Å². The summed E-state index contributed by atoms with van der Waals surface area (Å²) in [6, 6.07) is 9.62. The van der Waals surface area contributed by atoms with Crippen LogP contribution < -0.4 is 21.1 Å². The van der Waals surface area contributed by atoms with Crippen LogP contribution >= 0.6 is 0 Å². The van der Waals surface area contributed by atoms with Gasteiger partial charge in [-0.05, 0) is 94.7 Å². The molecule has 2 unspecified atom stereocenters. The predicted molar refractivity (Wildman–Crippen MR) is 215 cm³/mol. The molecule has 59 heavy (non-hydrogen) atoms. The van der Waals surface area contributed by atoms with E-state index in [-0.39, 0.29) is 55.7 Å². The monoisotopic (exact) mass is 808 g/mol. The highest BCUT2D eigenvalue weighted by Crippen LogP contribution is 2.42. The van der Waals surface area contributed by atoms with E-state index in [0.29, 0.717) is 52.3 Å². The van der Waals surface area contributed by atoms with E-state index in [1.165, 1.54) is 9.13 Å². The van der Waals surface area contributed by atoms with E-state index < -0.39 is 29.5 Å². The lowest BCUT2D eigenvalue weighted by Gasteiger charge is -2.41. The minimum absolute atomic E-state index is 0.121. The summed E-state index contributed by atoms with van der Waals surface area (Å²) in [7, 11) is 1.57. The van der Waals surface area contributed by atoms with Crippen LogP contribution in [-0.2, 0) is 16.6 Å². The number of nitrogens with one attached hydrogen (secondary N) is 2. The van der Waals surface area contributed by atoms with Crippen molar-refractivity contribution >= 4 is 51.0 Å². The van der Waals surface area contributed by atoms with Crippen LogP contribution in [0.1, 0.15) is 92.7 Å². The molecule has 308 valence electrons. The number of carbonyl (C=O) groups excluding carboxylic acids is 3. The third kappa shape index (κ3) is 7.25. The lowest BCUT2D eigenvalue weighted by molar-refractivity contribution is -0.135. The smallest absolute Gasteiger partial charge is 0.329 e. The largest absolute Gasteiger partial charge is 0.490 e. The van der Waals surface area contributed by atoms with Crippen molar-refractivity contribution in [1.29, 1.82) is 0 Å². The van der Waals surface area contributed by atoms with Gasteiger partial charge in [0.2, 0.25) is 11.8 Å². The number of hydrogen-bond acceptors (Lipinski definition) is 9. The number of likely N-dealkylation sites (tertiary alicyclic amines) is 1. The molecule has 9 rings (SSSR count). The number of fused-ring (bicyclic) bond motifs is 3. The molecule has 6 heterocycles. The van der Waals surface area contributed by atoms with E-state index in [1.54, 1.807) is 66.6 Å². The van der Waals surface area contributed by atoms with Gasteiger partial charge < -0.3 is 10.1 Å². The molecule has 0 spiro atoms. The Balaban J connectivity index is 0.842. The minimum atomic E-state index is -2.99. The van der Waals surface area contributed by atoms with Crippen LogP contribution in [0, 0.1) is 5.92 Å². The fourth-order valence-electron chi connectivity index (χ4n) is 9.25. The Bertz CT molecular complexity index is 2670. The number of hydrogen-bond donors (Lipinski definition) is 2. The van der Waals surface area contributed by atoms with Gasteiger partial charge in [0.15, 0.2) is 5.65 Å². The Morgan fingerprint density at radius 1 is 1.05 bits per heavy atom. The number of carbonyl (C=O) groups is 3. The van der Waals surface area contributed by atoms with E-state index in [9.17, 15) is 19.2 Å². The molecule has 2 atom stereocenters. The second-order valence-corrected chi connectivity index (χ2v) is 16.5. The van der Waals surface area contributed by atoms with Gasteiger partial charge in [0.1, 0.15) is 17.5 Å². The number of ether oxygens (including phenoxy) is 1. The molecule has 6 aromatic rings. The number of aromatic nitrogens is 7. The normalized spacial score (nSPS) is 22.7. The van der Waals surface area contributed by atoms with Crippen molar-refractivity contribution in [2.24, 2.45) is 13.0 Å². The van der Waals surface area contributed by atoms with Gasteiger partial charge in [-0.15, -0.1) is 0 Å². The fourth-order valence-corrected chi connectivity index (χ4v) is 9.25. The minimum Gasteiger partial charge on any atom is -0.490 e. The van der Waals surface area contributed by atoms with Crippen LogP contribution in [0.4, 0.5) is 14.5 Å². The first-order valence-electron chi connectivity index (χ1n) is 20.3. The Kier molecular flexibility index (Phi) is 9.80. The van der Waals surface area contributed by atoms with Gasteiger partial charge in [-0.25, -0.2) is 23.1 Å². The quantitative estimate of drug-likeness (QED) is 0.177. The molecule has 4 aromatic heterocycles. The molecule has 15 nitrogen and oxygen atoms in total. The summed E-state index contributed by atoms with van der Waals surface area (Å²) in [5.41, 5.74) is 3.10. The van der Waals surface area contributed by atoms with Crippen LogP contribution in [0.5, 0.6) is 5.75 Å². The maximum Gasteiger partial charge on any atom is 0.329 e. The number of halogens is 2. The van der Waals surface area contributed by atoms with Crippen molar-refractivity contribution in [3.8, 4) is 5.75 Å². The summed E-state index contributed by atoms with van der Waals surface area (Å²) in [6.07, 6.45) is 10.8. The van der Waals surface area contributed by atoms with Crippen LogP contribution in [0.25, 0.3) is 27.6 Å². The van der Waals surface area contributed by atoms with Gasteiger partial charge >= 0.3 is 5.69 Å². The van der Waals surface area contributed by atoms with Crippen molar-refractivity contribution in [1.82, 2.24) is 43.7 Å². The lowest BCUT2D eigenvalue weighted by atomic mass is 9.83. The van der Waals surface area contributed by atoms with Crippen molar-refractivity contribution in [2.45, 2.75) is 88.8 Å². The fraction of sp³-hybridized carbons (Fsp3) is 0.452. The van der Waals surface area contributed by atoms with Crippen molar-refractivity contribution < 1.29 is 27.9 Å². The van der Waals surface area contributed by atoms with E-state index >= 15 is 8.78 Å². The molecule has 1 saturated carbocycles. The number of alkyl halides is 2. The van der Waals surface area contributed by atoms with Crippen LogP contribution in [0.15, 0.2) is 66.0 Å². The zero-order valence-corrected chi connectivity index (χ0v) is 33.1. The van der Waals surface area contributed by atoms with E-state index in [2.05, 4.69) is 20.7 Å². The molecule has 2 aliphatic heterocycles. The van der Waals surface area contributed by atoms with Gasteiger partial charge in [0.25, 0.3) is 11.8 Å². The van der Waals surface area contributed by atoms with Crippen LogP contribution in [0.3, 0.4) is 0 Å². The van der Waals surface area contributed by atoms with E-state index in [1.807, 2.05) is 29.6 Å². The highest BCUT2D eigenvalue weighted by Gasteiger charge is 2.46. The second kappa shape index (κ2) is 15.0. The molecule has 3 fully saturated rings. The summed E-state index contributed by atoms with van der Waals surface area (Å²) in [4.78, 5) is 57.4. The molecule has 3 aliphatic rings. The zero-order valence-electron chi connectivity index (χ0n) is 33.1. The second-order valence-electron chi connectivity index (χ2n) is 16.5. The van der Waals surface area contributed by atoms with Crippen molar-refractivity contribution in [2.75, 3.05) is 25.0 Å². The molecular formula is C42H46F2N10O5. The Hall–Kier alpha value is -5.97. The molecule has 0 bridgehead atoms. The van der Waals surface area contributed by atoms with Gasteiger partial charge in [-0.3, -0.25) is 38.4 Å². The van der Waals surface area contributed by atoms with Crippen molar-refractivity contribution in [3.63, 3.8) is 0 Å². The molecule has 3 amide bonds. The predicted octanol–water partition coefficient (Wildman–Crippen LogP) is 5.61. The third-order valence-electron chi connectivity index (χ3n) is 12.2. The van der Waals surface area contributed by atoms with Crippen molar-refractivity contribution in [3.05, 3.63) is 82.8 Å².